The average Bonchev–Trinajstić information content (AvgIpc) is 3.11. The molecule has 0 amide bonds. The number of aryl methyl sites for hydroxylation is 1. The molecule has 0 spiro atoms. The van der Waals surface area contributed by atoms with E-state index in [0.29, 0.717) is 11.8 Å². The van der Waals surface area contributed by atoms with Crippen molar-refractivity contribution in [2.24, 2.45) is 11.8 Å². The van der Waals surface area contributed by atoms with Crippen LogP contribution in [0.25, 0.3) is 0 Å². The van der Waals surface area contributed by atoms with Gasteiger partial charge in [0.25, 0.3) is 0 Å². The Morgan fingerprint density at radius 2 is 1.95 bits per heavy atom. The summed E-state index contributed by atoms with van der Waals surface area (Å²) in [5, 5.41) is 0. The van der Waals surface area contributed by atoms with Gasteiger partial charge in [-0.15, -0.1) is 6.58 Å². The van der Waals surface area contributed by atoms with Crippen LogP contribution >= 0.6 is 0 Å². The molecule has 21 heavy (non-hydrogen) atoms. The van der Waals surface area contributed by atoms with Crippen molar-refractivity contribution in [2.75, 3.05) is 0 Å². The molecule has 2 nitrogen and oxygen atoms in total. The highest BCUT2D eigenvalue weighted by atomic mass is 17.2. The SMILES string of the molecule is C=CC[C@@H]1C(/C=C/CCCc2ccccc2)[C@H]2C[C@@H]1OO2. The summed E-state index contributed by atoms with van der Waals surface area (Å²) in [4.78, 5) is 10.7. The topological polar surface area (TPSA) is 18.5 Å². The Bertz CT molecular complexity index is 480. The van der Waals surface area contributed by atoms with Gasteiger partial charge in [0.05, 0.1) is 6.10 Å². The van der Waals surface area contributed by atoms with Crippen LogP contribution in [0.3, 0.4) is 0 Å². The summed E-state index contributed by atoms with van der Waals surface area (Å²) in [6, 6.07) is 10.7. The lowest BCUT2D eigenvalue weighted by atomic mass is 9.89. The van der Waals surface area contributed by atoms with Crippen molar-refractivity contribution in [2.45, 2.75) is 44.3 Å². The zero-order chi connectivity index (χ0) is 14.5. The van der Waals surface area contributed by atoms with E-state index in [1.807, 2.05) is 6.08 Å². The molecular formula is C19H24O2. The number of rotatable bonds is 7. The standard InChI is InChI=1S/C19H24O2/c1-2-9-16-17(19-14-18(16)20-21-19)13-8-4-7-12-15-10-5-3-6-11-15/h2-3,5-6,8,10-11,13,16-19H,1,4,7,9,12,14H2/b13-8+/t16-,17?,18+,19-/m1/s1. The summed E-state index contributed by atoms with van der Waals surface area (Å²) in [5.41, 5.74) is 1.42. The quantitative estimate of drug-likeness (QED) is 0.417. The third kappa shape index (κ3) is 3.45. The minimum absolute atomic E-state index is 0.255. The molecule has 112 valence electrons. The van der Waals surface area contributed by atoms with E-state index in [1.54, 1.807) is 0 Å². The molecule has 1 unspecified atom stereocenters. The van der Waals surface area contributed by atoms with Gasteiger partial charge >= 0.3 is 0 Å². The van der Waals surface area contributed by atoms with Gasteiger partial charge in [-0.1, -0.05) is 48.6 Å². The molecule has 1 saturated heterocycles. The van der Waals surface area contributed by atoms with E-state index in [1.165, 1.54) is 12.0 Å². The first-order valence-electron chi connectivity index (χ1n) is 8.02. The van der Waals surface area contributed by atoms with Gasteiger partial charge in [0, 0.05) is 18.3 Å². The highest BCUT2D eigenvalue weighted by Crippen LogP contribution is 2.44. The van der Waals surface area contributed by atoms with Crippen LogP contribution in [0.4, 0.5) is 0 Å². The Hall–Kier alpha value is -1.38. The first kappa shape index (κ1) is 14.6. The van der Waals surface area contributed by atoms with Crippen LogP contribution in [0.5, 0.6) is 0 Å². The number of unbranched alkanes of at least 4 members (excludes halogenated alkanes) is 1. The van der Waals surface area contributed by atoms with Crippen LogP contribution in [-0.4, -0.2) is 12.2 Å². The van der Waals surface area contributed by atoms with Crippen molar-refractivity contribution in [1.82, 2.24) is 0 Å². The lowest BCUT2D eigenvalue weighted by molar-refractivity contribution is -0.336. The van der Waals surface area contributed by atoms with Crippen molar-refractivity contribution in [3.8, 4) is 0 Å². The van der Waals surface area contributed by atoms with Crippen LogP contribution in [0.1, 0.15) is 31.2 Å². The Kier molecular flexibility index (Phi) is 4.89. The first-order chi connectivity index (χ1) is 10.4. The Morgan fingerprint density at radius 3 is 2.76 bits per heavy atom. The number of hydrogen-bond donors (Lipinski definition) is 0. The van der Waals surface area contributed by atoms with E-state index in [4.69, 9.17) is 9.78 Å². The van der Waals surface area contributed by atoms with Crippen LogP contribution in [0.15, 0.2) is 55.1 Å². The van der Waals surface area contributed by atoms with Crippen molar-refractivity contribution < 1.29 is 9.78 Å². The molecule has 1 aromatic carbocycles. The fourth-order valence-corrected chi connectivity index (χ4v) is 3.53. The number of fused-ring (bicyclic) bond motifs is 2. The molecule has 1 aliphatic heterocycles. The zero-order valence-electron chi connectivity index (χ0n) is 12.5. The predicted octanol–water partition coefficient (Wildman–Crippen LogP) is 4.48. The molecule has 2 bridgehead atoms. The van der Waals surface area contributed by atoms with E-state index >= 15 is 0 Å². The maximum atomic E-state index is 5.38. The van der Waals surface area contributed by atoms with Crippen molar-refractivity contribution in [3.63, 3.8) is 0 Å². The molecule has 2 heteroatoms. The largest absolute Gasteiger partial charge is 0.233 e. The molecule has 0 radical (unpaired) electrons. The lowest BCUT2D eigenvalue weighted by Crippen LogP contribution is -2.28. The van der Waals surface area contributed by atoms with Crippen molar-refractivity contribution in [1.29, 1.82) is 0 Å². The van der Waals surface area contributed by atoms with Crippen LogP contribution in [0.2, 0.25) is 0 Å². The second-order valence-electron chi connectivity index (χ2n) is 6.08. The summed E-state index contributed by atoms with van der Waals surface area (Å²) in [6.45, 7) is 3.87. The highest BCUT2D eigenvalue weighted by molar-refractivity contribution is 5.14. The van der Waals surface area contributed by atoms with Crippen molar-refractivity contribution >= 4 is 0 Å². The molecule has 4 atom stereocenters. The molecule has 1 aliphatic carbocycles. The molecule has 1 heterocycles. The fraction of sp³-hybridized carbons (Fsp3) is 0.474. The third-order valence-electron chi connectivity index (χ3n) is 4.64. The first-order valence-corrected chi connectivity index (χ1v) is 8.02. The minimum atomic E-state index is 0.255. The summed E-state index contributed by atoms with van der Waals surface area (Å²) in [6.07, 6.45) is 12.7. The Balaban J connectivity index is 1.46. The summed E-state index contributed by atoms with van der Waals surface area (Å²) in [5.74, 6) is 1.05. The lowest BCUT2D eigenvalue weighted by Gasteiger charge is -2.27. The predicted molar refractivity (Wildman–Crippen MR) is 84.7 cm³/mol. The van der Waals surface area contributed by atoms with Gasteiger partial charge in [-0.3, -0.25) is 0 Å². The van der Waals surface area contributed by atoms with Gasteiger partial charge in [0.2, 0.25) is 0 Å². The van der Waals surface area contributed by atoms with E-state index in [-0.39, 0.29) is 12.2 Å². The fourth-order valence-electron chi connectivity index (χ4n) is 3.53. The molecule has 0 N–H and O–H groups in total. The van der Waals surface area contributed by atoms with E-state index in [2.05, 4.69) is 49.1 Å². The monoisotopic (exact) mass is 284 g/mol. The normalized spacial score (nSPS) is 31.0. The Labute approximate surface area is 127 Å². The highest BCUT2D eigenvalue weighted by Gasteiger charge is 2.48. The summed E-state index contributed by atoms with van der Waals surface area (Å²) >= 11 is 0. The molecule has 3 rings (SSSR count). The molecule has 1 saturated carbocycles. The maximum absolute atomic E-state index is 5.38. The van der Waals surface area contributed by atoms with Crippen LogP contribution in [-0.2, 0) is 16.2 Å². The van der Waals surface area contributed by atoms with Gasteiger partial charge < -0.3 is 0 Å². The number of hydrogen-bond acceptors (Lipinski definition) is 2. The van der Waals surface area contributed by atoms with Gasteiger partial charge in [-0.05, 0) is 31.2 Å². The van der Waals surface area contributed by atoms with Gasteiger partial charge in [0.1, 0.15) is 6.10 Å². The summed E-state index contributed by atoms with van der Waals surface area (Å²) in [7, 11) is 0. The van der Waals surface area contributed by atoms with E-state index in [0.717, 1.165) is 25.7 Å². The second-order valence-corrected chi connectivity index (χ2v) is 6.08. The Morgan fingerprint density at radius 1 is 1.14 bits per heavy atom. The molecule has 1 aromatic rings. The van der Waals surface area contributed by atoms with Gasteiger partial charge in [0.15, 0.2) is 0 Å². The maximum Gasteiger partial charge on any atom is 0.102 e. The molecule has 2 fully saturated rings. The minimum Gasteiger partial charge on any atom is -0.233 e. The number of allylic oxidation sites excluding steroid dienone is 2. The van der Waals surface area contributed by atoms with E-state index < -0.39 is 0 Å². The van der Waals surface area contributed by atoms with Gasteiger partial charge in [-0.2, -0.15) is 0 Å². The third-order valence-corrected chi connectivity index (χ3v) is 4.64. The molecule has 2 aliphatic rings. The van der Waals surface area contributed by atoms with Crippen LogP contribution < -0.4 is 0 Å². The average molecular weight is 284 g/mol. The number of benzene rings is 1. The summed E-state index contributed by atoms with van der Waals surface area (Å²) < 4.78 is 0. The molecular weight excluding hydrogens is 260 g/mol. The zero-order valence-corrected chi connectivity index (χ0v) is 12.5. The van der Waals surface area contributed by atoms with Crippen LogP contribution in [0, 0.1) is 11.8 Å². The molecule has 0 aromatic heterocycles. The second kappa shape index (κ2) is 7.06. The van der Waals surface area contributed by atoms with Gasteiger partial charge in [-0.25, -0.2) is 9.78 Å². The van der Waals surface area contributed by atoms with E-state index in [9.17, 15) is 0 Å². The van der Waals surface area contributed by atoms with Crippen molar-refractivity contribution in [3.05, 3.63) is 60.7 Å². The smallest absolute Gasteiger partial charge is 0.102 e.